The normalized spacial score (nSPS) is 11.0. The molecule has 0 bridgehead atoms. The fourth-order valence-electron chi connectivity index (χ4n) is 3.22. The molecule has 0 fully saturated rings. The maximum Gasteiger partial charge on any atom is 0.354 e. The van der Waals surface area contributed by atoms with E-state index in [1.54, 1.807) is 37.3 Å². The minimum Gasteiger partial charge on any atom is -0.422 e. The lowest BCUT2D eigenvalue weighted by Crippen LogP contribution is -2.21. The SMILES string of the molecule is CCc1ccc(OC(=O)c2sc3ncn(Cc4ccccc4F)c(=O)c3c2C)cc1. The van der Waals surface area contributed by atoms with E-state index >= 15 is 0 Å². The molecule has 0 saturated carbocycles. The summed E-state index contributed by atoms with van der Waals surface area (Å²) < 4.78 is 20.8. The van der Waals surface area contributed by atoms with Crippen LogP contribution in [-0.4, -0.2) is 15.5 Å². The molecule has 5 nitrogen and oxygen atoms in total. The highest BCUT2D eigenvalue weighted by Crippen LogP contribution is 2.28. The van der Waals surface area contributed by atoms with E-state index in [9.17, 15) is 14.0 Å². The van der Waals surface area contributed by atoms with E-state index in [1.165, 1.54) is 17.0 Å². The van der Waals surface area contributed by atoms with Crippen molar-refractivity contribution in [3.8, 4) is 5.75 Å². The monoisotopic (exact) mass is 422 g/mol. The lowest BCUT2D eigenvalue weighted by molar-refractivity contribution is 0.0739. The molecule has 2 heterocycles. The highest BCUT2D eigenvalue weighted by atomic mass is 32.1. The first-order valence-corrected chi connectivity index (χ1v) is 10.3. The van der Waals surface area contributed by atoms with Crippen LogP contribution >= 0.6 is 11.3 Å². The molecular weight excluding hydrogens is 403 g/mol. The van der Waals surface area contributed by atoms with Crippen LogP contribution in [-0.2, 0) is 13.0 Å². The van der Waals surface area contributed by atoms with Gasteiger partial charge in [-0.3, -0.25) is 9.36 Å². The molecule has 0 unspecified atom stereocenters. The minimum absolute atomic E-state index is 0.0628. The van der Waals surface area contributed by atoms with Crippen molar-refractivity contribution in [3.05, 3.63) is 92.6 Å². The molecule has 0 saturated heterocycles. The predicted molar refractivity (Wildman–Crippen MR) is 115 cm³/mol. The van der Waals surface area contributed by atoms with Gasteiger partial charge in [0.2, 0.25) is 0 Å². The number of carbonyl (C=O) groups is 1. The van der Waals surface area contributed by atoms with Crippen LogP contribution in [0.25, 0.3) is 10.2 Å². The van der Waals surface area contributed by atoms with Crippen LogP contribution in [0, 0.1) is 12.7 Å². The first kappa shape index (κ1) is 20.0. The Morgan fingerprint density at radius 3 is 2.60 bits per heavy atom. The summed E-state index contributed by atoms with van der Waals surface area (Å²) in [4.78, 5) is 30.8. The van der Waals surface area contributed by atoms with E-state index in [0.717, 1.165) is 23.3 Å². The lowest BCUT2D eigenvalue weighted by Gasteiger charge is -2.06. The fourth-order valence-corrected chi connectivity index (χ4v) is 4.24. The van der Waals surface area contributed by atoms with Crippen LogP contribution < -0.4 is 10.3 Å². The van der Waals surface area contributed by atoms with Crippen molar-refractivity contribution in [1.29, 1.82) is 0 Å². The molecule has 0 amide bonds. The van der Waals surface area contributed by atoms with Gasteiger partial charge in [-0.2, -0.15) is 0 Å². The van der Waals surface area contributed by atoms with Crippen LogP contribution in [0.15, 0.2) is 59.7 Å². The second-order valence-corrected chi connectivity index (χ2v) is 7.89. The Kier molecular flexibility index (Phi) is 5.46. The second kappa shape index (κ2) is 8.20. The Bertz CT molecular complexity index is 1290. The number of ether oxygens (including phenoxy) is 1. The van der Waals surface area contributed by atoms with E-state index in [0.29, 0.717) is 32.0 Å². The molecule has 0 atom stereocenters. The zero-order valence-corrected chi connectivity index (χ0v) is 17.3. The van der Waals surface area contributed by atoms with Crippen molar-refractivity contribution in [2.75, 3.05) is 0 Å². The number of thiophene rings is 1. The maximum absolute atomic E-state index is 14.0. The Morgan fingerprint density at radius 1 is 1.17 bits per heavy atom. The number of aryl methyl sites for hydroxylation is 2. The molecule has 152 valence electrons. The smallest absolute Gasteiger partial charge is 0.354 e. The average Bonchev–Trinajstić information content (AvgIpc) is 3.09. The molecule has 4 rings (SSSR count). The van der Waals surface area contributed by atoms with E-state index in [4.69, 9.17) is 4.74 Å². The standard InChI is InChI=1S/C23H19FN2O3S/c1-3-15-8-10-17(11-9-15)29-23(28)20-14(2)19-21(30-20)25-13-26(22(19)27)12-16-6-4-5-7-18(16)24/h4-11,13H,3,12H2,1-2H3. The van der Waals surface area contributed by atoms with E-state index < -0.39 is 5.97 Å². The van der Waals surface area contributed by atoms with Gasteiger partial charge in [0, 0.05) is 5.56 Å². The largest absolute Gasteiger partial charge is 0.422 e. The number of aromatic nitrogens is 2. The fraction of sp³-hybridized carbons (Fsp3) is 0.174. The van der Waals surface area contributed by atoms with Gasteiger partial charge in [-0.1, -0.05) is 37.3 Å². The molecule has 2 aromatic heterocycles. The summed E-state index contributed by atoms with van der Waals surface area (Å²) >= 11 is 1.12. The third kappa shape index (κ3) is 3.76. The first-order valence-electron chi connectivity index (χ1n) is 9.51. The number of hydrogen-bond donors (Lipinski definition) is 0. The third-order valence-electron chi connectivity index (χ3n) is 4.94. The minimum atomic E-state index is -0.528. The van der Waals surface area contributed by atoms with Gasteiger partial charge in [0.25, 0.3) is 5.56 Å². The lowest BCUT2D eigenvalue weighted by atomic mass is 10.2. The topological polar surface area (TPSA) is 61.2 Å². The molecule has 0 aliphatic carbocycles. The highest BCUT2D eigenvalue weighted by Gasteiger charge is 2.21. The number of hydrogen-bond acceptors (Lipinski definition) is 5. The second-order valence-electron chi connectivity index (χ2n) is 6.89. The van der Waals surface area contributed by atoms with Crippen LogP contribution in [0.1, 0.15) is 33.3 Å². The van der Waals surface area contributed by atoms with Gasteiger partial charge in [-0.15, -0.1) is 11.3 Å². The number of benzene rings is 2. The summed E-state index contributed by atoms with van der Waals surface area (Å²) in [5, 5.41) is 0.354. The Balaban J connectivity index is 1.66. The molecule has 30 heavy (non-hydrogen) atoms. The Morgan fingerprint density at radius 2 is 1.90 bits per heavy atom. The Hall–Kier alpha value is -3.32. The summed E-state index contributed by atoms with van der Waals surface area (Å²) in [6, 6.07) is 13.6. The molecule has 0 spiro atoms. The first-order chi connectivity index (χ1) is 14.5. The number of rotatable bonds is 5. The summed E-state index contributed by atoms with van der Waals surface area (Å²) in [5.74, 6) is -0.469. The molecular formula is C23H19FN2O3S. The summed E-state index contributed by atoms with van der Waals surface area (Å²) in [7, 11) is 0. The van der Waals surface area contributed by atoms with Gasteiger partial charge in [-0.25, -0.2) is 14.2 Å². The number of esters is 1. The van der Waals surface area contributed by atoms with Gasteiger partial charge in [0.1, 0.15) is 21.3 Å². The van der Waals surface area contributed by atoms with Crippen molar-refractivity contribution in [2.24, 2.45) is 0 Å². The van der Waals surface area contributed by atoms with Crippen LogP contribution in [0.2, 0.25) is 0 Å². The Labute approximate surface area is 176 Å². The van der Waals surface area contributed by atoms with Gasteiger partial charge < -0.3 is 4.74 Å². The van der Waals surface area contributed by atoms with Gasteiger partial charge in [0.05, 0.1) is 18.3 Å². The molecule has 2 aromatic carbocycles. The van der Waals surface area contributed by atoms with Crippen molar-refractivity contribution >= 4 is 27.5 Å². The van der Waals surface area contributed by atoms with Crippen molar-refractivity contribution in [3.63, 3.8) is 0 Å². The van der Waals surface area contributed by atoms with Gasteiger partial charge >= 0.3 is 5.97 Å². The molecule has 0 radical (unpaired) electrons. The number of halogens is 1. The quantitative estimate of drug-likeness (QED) is 0.344. The van der Waals surface area contributed by atoms with Gasteiger partial charge in [-0.05, 0) is 42.7 Å². The highest BCUT2D eigenvalue weighted by molar-refractivity contribution is 7.20. The van der Waals surface area contributed by atoms with Crippen molar-refractivity contribution in [1.82, 2.24) is 9.55 Å². The van der Waals surface area contributed by atoms with E-state index in [1.807, 2.05) is 19.1 Å². The van der Waals surface area contributed by atoms with E-state index in [2.05, 4.69) is 4.98 Å². The zero-order valence-electron chi connectivity index (χ0n) is 16.5. The number of carbonyl (C=O) groups excluding carboxylic acids is 1. The summed E-state index contributed by atoms with van der Waals surface area (Å²) in [6.45, 7) is 3.81. The summed E-state index contributed by atoms with van der Waals surface area (Å²) in [6.07, 6.45) is 2.28. The van der Waals surface area contributed by atoms with Crippen molar-refractivity contribution < 1.29 is 13.9 Å². The predicted octanol–water partition coefficient (Wildman–Crippen LogP) is 4.74. The maximum atomic E-state index is 14.0. The molecule has 0 aliphatic heterocycles. The third-order valence-corrected chi connectivity index (χ3v) is 6.12. The molecule has 7 heteroatoms. The number of nitrogens with zero attached hydrogens (tertiary/aromatic N) is 2. The van der Waals surface area contributed by atoms with Crippen LogP contribution in [0.3, 0.4) is 0 Å². The average molecular weight is 422 g/mol. The summed E-state index contributed by atoms with van der Waals surface area (Å²) in [5.41, 5.74) is 1.74. The molecule has 0 N–H and O–H groups in total. The molecule has 0 aliphatic rings. The van der Waals surface area contributed by atoms with E-state index in [-0.39, 0.29) is 17.9 Å². The zero-order chi connectivity index (χ0) is 21.3. The number of fused-ring (bicyclic) bond motifs is 1. The van der Waals surface area contributed by atoms with Crippen LogP contribution in [0.4, 0.5) is 4.39 Å². The van der Waals surface area contributed by atoms with Gasteiger partial charge in [0.15, 0.2) is 0 Å². The van der Waals surface area contributed by atoms with Crippen LogP contribution in [0.5, 0.6) is 5.75 Å². The molecule has 4 aromatic rings. The van der Waals surface area contributed by atoms with Crippen molar-refractivity contribution in [2.45, 2.75) is 26.8 Å².